The number of imide groups is 1. The fourth-order valence-corrected chi connectivity index (χ4v) is 5.66. The maximum absolute atomic E-state index is 13.4. The second-order valence-corrected chi connectivity index (χ2v) is 9.83. The second kappa shape index (κ2) is 15.8. The number of methoxy groups -OCH3 is 1. The number of rotatable bonds is 13. The molecule has 6 atom stereocenters. The summed E-state index contributed by atoms with van der Waals surface area (Å²) < 4.78 is 28.9. The fourth-order valence-electron chi connectivity index (χ4n) is 4.41. The summed E-state index contributed by atoms with van der Waals surface area (Å²) >= 11 is 1.02. The third-order valence-electron chi connectivity index (χ3n) is 5.89. The van der Waals surface area contributed by atoms with Gasteiger partial charge in [0.05, 0.1) is 19.3 Å². The van der Waals surface area contributed by atoms with Gasteiger partial charge in [-0.1, -0.05) is 47.7 Å². The van der Waals surface area contributed by atoms with Crippen molar-refractivity contribution in [2.45, 2.75) is 60.6 Å². The zero-order valence-electron chi connectivity index (χ0n) is 22.4. The van der Waals surface area contributed by atoms with Crippen molar-refractivity contribution >= 4 is 35.8 Å². The van der Waals surface area contributed by atoms with Gasteiger partial charge in [0.15, 0.2) is 6.29 Å². The topological polar surface area (TPSA) is 118 Å². The summed E-state index contributed by atoms with van der Waals surface area (Å²) in [5.74, 6) is 4.85. The molecule has 0 bridgehead atoms. The van der Waals surface area contributed by atoms with Crippen molar-refractivity contribution in [1.82, 2.24) is 4.90 Å². The predicted octanol–water partition coefficient (Wildman–Crippen LogP) is 1.45. The standard InChI is InChI=1S/C29H31NO9S/c1-7-15-36-23-18-29(28(34)35-6,40-22-13-11-10-12-14-22)39-27(25(23)30(20(4)32)21(5)33)26(38-17-9-3)24(19-31)37-16-8-2/h1-3,10-14,19,23-27H,15-18H2,4-6H3/t23-,24+,25+,26+,27+,29-/m0/s1. The van der Waals surface area contributed by atoms with Gasteiger partial charge in [-0.25, -0.2) is 4.79 Å². The molecule has 212 valence electrons. The minimum Gasteiger partial charge on any atom is -0.466 e. The van der Waals surface area contributed by atoms with Crippen molar-refractivity contribution in [3.8, 4) is 37.0 Å². The molecule has 1 aliphatic rings. The third-order valence-corrected chi connectivity index (χ3v) is 7.16. The quantitative estimate of drug-likeness (QED) is 0.196. The van der Waals surface area contributed by atoms with Crippen LogP contribution in [0.2, 0.25) is 0 Å². The lowest BCUT2D eigenvalue weighted by atomic mass is 9.88. The molecule has 0 aliphatic carbocycles. The van der Waals surface area contributed by atoms with Crippen molar-refractivity contribution in [2.75, 3.05) is 26.9 Å². The number of thioether (sulfide) groups is 1. The molecule has 1 saturated heterocycles. The van der Waals surface area contributed by atoms with Gasteiger partial charge < -0.3 is 28.5 Å². The Kier molecular flexibility index (Phi) is 12.9. The SMILES string of the molecule is C#CCO[C@@H]([C@@H]1O[C@@](Sc2ccccc2)(C(=O)OC)C[C@H](OCC#C)[C@H]1N(C(C)=O)C(C)=O)[C@@H](C=O)OCC#C. The van der Waals surface area contributed by atoms with Gasteiger partial charge >= 0.3 is 5.97 Å². The molecule has 1 aromatic carbocycles. The van der Waals surface area contributed by atoms with E-state index in [9.17, 15) is 19.2 Å². The molecule has 2 rings (SSSR count). The average molecular weight is 570 g/mol. The van der Waals surface area contributed by atoms with Crippen LogP contribution in [0.5, 0.6) is 0 Å². The first kappa shape index (κ1) is 32.6. The van der Waals surface area contributed by atoms with Crippen LogP contribution in [0.25, 0.3) is 0 Å². The maximum atomic E-state index is 13.4. The van der Waals surface area contributed by atoms with Crippen LogP contribution < -0.4 is 0 Å². The predicted molar refractivity (Wildman–Crippen MR) is 145 cm³/mol. The van der Waals surface area contributed by atoms with E-state index in [0.717, 1.165) is 16.7 Å². The van der Waals surface area contributed by atoms with Gasteiger partial charge in [0.2, 0.25) is 16.7 Å². The van der Waals surface area contributed by atoms with Crippen LogP contribution in [0.1, 0.15) is 20.3 Å². The molecule has 0 N–H and O–H groups in total. The molecule has 2 amide bonds. The number of hydrogen-bond donors (Lipinski definition) is 0. The summed E-state index contributed by atoms with van der Waals surface area (Å²) in [5, 5.41) is 0. The summed E-state index contributed by atoms with van der Waals surface area (Å²) in [6.07, 6.45) is 11.3. The first-order chi connectivity index (χ1) is 19.2. The number of benzene rings is 1. The van der Waals surface area contributed by atoms with Crippen LogP contribution in [-0.2, 0) is 42.9 Å². The van der Waals surface area contributed by atoms with Crippen LogP contribution in [0.4, 0.5) is 0 Å². The van der Waals surface area contributed by atoms with Gasteiger partial charge in [0.25, 0.3) is 0 Å². The van der Waals surface area contributed by atoms with Crippen molar-refractivity contribution in [3.63, 3.8) is 0 Å². The number of ether oxygens (including phenoxy) is 5. The molecule has 0 unspecified atom stereocenters. The highest BCUT2D eigenvalue weighted by molar-refractivity contribution is 8.01. The molecule has 1 aliphatic heterocycles. The van der Waals surface area contributed by atoms with Crippen LogP contribution in [0, 0.1) is 37.0 Å². The molecule has 11 heteroatoms. The zero-order chi connectivity index (χ0) is 29.7. The van der Waals surface area contributed by atoms with Gasteiger partial charge in [-0.05, 0) is 12.1 Å². The van der Waals surface area contributed by atoms with Crippen LogP contribution in [0.15, 0.2) is 35.2 Å². The van der Waals surface area contributed by atoms with Crippen LogP contribution in [0.3, 0.4) is 0 Å². The minimum atomic E-state index is -1.80. The third kappa shape index (κ3) is 7.95. The smallest absolute Gasteiger partial charge is 0.349 e. The molecule has 0 saturated carbocycles. The summed E-state index contributed by atoms with van der Waals surface area (Å²) in [5.41, 5.74) is 0. The van der Waals surface area contributed by atoms with Gasteiger partial charge in [-0.2, -0.15) is 0 Å². The molecule has 10 nitrogen and oxygen atoms in total. The van der Waals surface area contributed by atoms with Gasteiger partial charge in [-0.15, -0.1) is 19.3 Å². The molecule has 1 aromatic rings. The van der Waals surface area contributed by atoms with Gasteiger partial charge in [-0.3, -0.25) is 14.5 Å². The first-order valence-electron chi connectivity index (χ1n) is 12.1. The zero-order valence-corrected chi connectivity index (χ0v) is 23.3. The normalized spacial score (nSPS) is 23.4. The fraction of sp³-hybridized carbons (Fsp3) is 0.448. The van der Waals surface area contributed by atoms with E-state index in [4.69, 9.17) is 43.0 Å². The average Bonchev–Trinajstić information content (AvgIpc) is 2.94. The number of terminal acetylenes is 3. The Bertz CT molecular complexity index is 1150. The van der Waals surface area contributed by atoms with Crippen molar-refractivity contribution in [3.05, 3.63) is 30.3 Å². The van der Waals surface area contributed by atoms with Crippen molar-refractivity contribution in [1.29, 1.82) is 0 Å². The monoisotopic (exact) mass is 569 g/mol. The Morgan fingerprint density at radius 2 is 1.68 bits per heavy atom. The van der Waals surface area contributed by atoms with E-state index < -0.39 is 53.2 Å². The number of aldehydes is 1. The first-order valence-corrected chi connectivity index (χ1v) is 12.9. The number of carbonyl (C=O) groups excluding carboxylic acids is 4. The lowest BCUT2D eigenvalue weighted by Crippen LogP contribution is -2.68. The lowest BCUT2D eigenvalue weighted by molar-refractivity contribution is -0.228. The number of hydrogen-bond acceptors (Lipinski definition) is 10. The van der Waals surface area contributed by atoms with E-state index in [1.54, 1.807) is 30.3 Å². The molecule has 0 spiro atoms. The summed E-state index contributed by atoms with van der Waals surface area (Å²) in [6.45, 7) is 1.54. The molecular weight excluding hydrogens is 538 g/mol. The van der Waals surface area contributed by atoms with E-state index in [1.165, 1.54) is 21.0 Å². The summed E-state index contributed by atoms with van der Waals surface area (Å²) in [4.78, 5) is 51.0. The molecule has 1 fully saturated rings. The van der Waals surface area contributed by atoms with E-state index in [-0.39, 0.29) is 26.2 Å². The Labute approximate surface area is 238 Å². The molecule has 1 heterocycles. The Hall–Kier alpha value is -3.63. The van der Waals surface area contributed by atoms with E-state index in [1.807, 2.05) is 0 Å². The highest BCUT2D eigenvalue weighted by Gasteiger charge is 2.59. The highest BCUT2D eigenvalue weighted by Crippen LogP contribution is 2.46. The minimum absolute atomic E-state index is 0.196. The van der Waals surface area contributed by atoms with Crippen molar-refractivity contribution < 1.29 is 42.9 Å². The molecule has 0 aromatic heterocycles. The van der Waals surface area contributed by atoms with Gasteiger partial charge in [0, 0.05) is 25.2 Å². The lowest BCUT2D eigenvalue weighted by Gasteiger charge is -2.51. The van der Waals surface area contributed by atoms with E-state index in [2.05, 4.69) is 17.8 Å². The van der Waals surface area contributed by atoms with Gasteiger partial charge in [0.1, 0.15) is 38.1 Å². The van der Waals surface area contributed by atoms with E-state index >= 15 is 0 Å². The maximum Gasteiger partial charge on any atom is 0.349 e. The Morgan fingerprint density at radius 1 is 1.07 bits per heavy atom. The van der Waals surface area contributed by atoms with Crippen molar-refractivity contribution in [2.24, 2.45) is 0 Å². The Balaban J connectivity index is 2.83. The summed E-state index contributed by atoms with van der Waals surface area (Å²) in [6, 6.07) is 7.62. The molecule has 0 radical (unpaired) electrons. The summed E-state index contributed by atoms with van der Waals surface area (Å²) in [7, 11) is 1.19. The van der Waals surface area contributed by atoms with Crippen LogP contribution in [-0.4, -0.2) is 91.3 Å². The largest absolute Gasteiger partial charge is 0.466 e. The number of nitrogens with zero attached hydrogens (tertiary/aromatic N) is 1. The molecule has 40 heavy (non-hydrogen) atoms. The molecular formula is C29H31NO9S. The number of esters is 1. The second-order valence-electron chi connectivity index (χ2n) is 8.49. The highest BCUT2D eigenvalue weighted by atomic mass is 32.2. The number of amides is 2. The van der Waals surface area contributed by atoms with Crippen LogP contribution >= 0.6 is 11.8 Å². The number of carbonyl (C=O) groups is 4. The Morgan fingerprint density at radius 3 is 2.20 bits per heavy atom. The van der Waals surface area contributed by atoms with E-state index in [0.29, 0.717) is 11.2 Å².